The van der Waals surface area contributed by atoms with E-state index in [9.17, 15) is 0 Å². The predicted molar refractivity (Wildman–Crippen MR) is 32.9 cm³/mol. The van der Waals surface area contributed by atoms with Crippen molar-refractivity contribution in [3.63, 3.8) is 0 Å². The second-order valence-electron chi connectivity index (χ2n) is 0.983. The van der Waals surface area contributed by atoms with Gasteiger partial charge >= 0.3 is 75.5 Å². The Labute approximate surface area is 119 Å². The van der Waals surface area contributed by atoms with Crippen LogP contribution in [0.15, 0.2) is 0 Å². The van der Waals surface area contributed by atoms with Gasteiger partial charge in [0.15, 0.2) is 0 Å². The smallest absolute Gasteiger partial charge is 0.550 e. The van der Waals surface area contributed by atoms with Gasteiger partial charge in [-0.2, -0.15) is 0 Å². The zero-order valence-electron chi connectivity index (χ0n) is 6.05. The fraction of sp³-hybridized carbons (Fsp3) is 0.500. The van der Waals surface area contributed by atoms with Crippen molar-refractivity contribution in [1.82, 2.24) is 0 Å². The summed E-state index contributed by atoms with van der Waals surface area (Å²) >= 11 is 0. The van der Waals surface area contributed by atoms with E-state index in [1.54, 1.807) is 0 Å². The van der Waals surface area contributed by atoms with Crippen LogP contribution in [0.5, 0.6) is 0 Å². The predicted octanol–water partition coefficient (Wildman–Crippen LogP) is -3.25. The molecule has 0 spiro atoms. The van der Waals surface area contributed by atoms with E-state index in [0.717, 1.165) is 13.8 Å². The molecule has 4 nitrogen and oxygen atoms in total. The Balaban J connectivity index is -0.0000000300. The number of aliphatic carboxylic acids is 2. The summed E-state index contributed by atoms with van der Waals surface area (Å²) in [6.45, 7) is 1.94. The molecule has 0 saturated heterocycles. The van der Waals surface area contributed by atoms with E-state index in [-0.39, 0.29) is 75.5 Å². The van der Waals surface area contributed by atoms with Crippen LogP contribution in [0.3, 0.4) is 0 Å². The molecule has 0 bridgehead atoms. The molecule has 0 aliphatic rings. The fourth-order valence-corrected chi connectivity index (χ4v) is 0. The normalized spacial score (nSPS) is 5.00. The summed E-state index contributed by atoms with van der Waals surface area (Å²) in [6.07, 6.45) is 0. The van der Waals surface area contributed by atoms with Gasteiger partial charge < -0.3 is 19.8 Å². The van der Waals surface area contributed by atoms with Gasteiger partial charge in [0.2, 0.25) is 0 Å². The van der Waals surface area contributed by atoms with Gasteiger partial charge in [0.1, 0.15) is 0 Å². The molecule has 0 aromatic carbocycles. The molecule has 0 rings (SSSR count). The van der Waals surface area contributed by atoms with Gasteiger partial charge in [-0.15, -0.1) is 0 Å². The zero-order chi connectivity index (χ0) is 7.15. The number of carbonyl (C=O) groups is 2. The zero-order valence-corrected chi connectivity index (χ0v) is 10.5. The van der Waals surface area contributed by atoms with Gasteiger partial charge in [-0.05, 0) is 13.8 Å². The summed E-state index contributed by atoms with van der Waals surface area (Å²) in [5.41, 5.74) is 0. The first-order valence-corrected chi connectivity index (χ1v) is 1.82. The Morgan fingerprint density at radius 3 is 0.900 bits per heavy atom. The van der Waals surface area contributed by atoms with E-state index >= 15 is 0 Å². The molecule has 0 fully saturated rings. The summed E-state index contributed by atoms with van der Waals surface area (Å²) < 4.78 is 0. The van der Waals surface area contributed by atoms with E-state index in [0.29, 0.717) is 0 Å². The Hall–Kier alpha value is 1.46. The van der Waals surface area contributed by atoms with Crippen LogP contribution in [0.2, 0.25) is 0 Å². The third-order valence-electron chi connectivity index (χ3n) is 0. The quantitative estimate of drug-likeness (QED) is 0.383. The summed E-state index contributed by atoms with van der Waals surface area (Å²) in [7, 11) is 0. The Morgan fingerprint density at radius 1 is 0.900 bits per heavy atom. The van der Waals surface area contributed by atoms with Crippen LogP contribution in [-0.2, 0) is 9.59 Å². The first-order chi connectivity index (χ1) is 3.46. The number of hydrogen-bond donors (Lipinski definition) is 0. The summed E-state index contributed by atoms with van der Waals surface area (Å²) in [4.78, 5) is 17.8. The number of rotatable bonds is 0. The molecule has 0 heterocycles. The third kappa shape index (κ3) is 318. The van der Waals surface area contributed by atoms with Crippen molar-refractivity contribution in [2.24, 2.45) is 0 Å². The molecular weight excluding hydrogens is 192 g/mol. The van der Waals surface area contributed by atoms with Crippen LogP contribution in [-0.4, -0.2) is 87.4 Å². The Morgan fingerprint density at radius 2 is 0.900 bits per heavy atom. The van der Waals surface area contributed by atoms with Crippen LogP contribution < -0.4 is 10.2 Å². The molecule has 0 unspecified atom stereocenters. The van der Waals surface area contributed by atoms with Crippen molar-refractivity contribution in [3.05, 3.63) is 0 Å². The largest absolute Gasteiger partial charge is 2.00 e. The van der Waals surface area contributed by atoms with E-state index < -0.39 is 11.9 Å². The molecule has 0 radical (unpaired) electrons. The SMILES string of the molecule is CC(=O)[O-].CC(=O)[O-].[Ca+2].[Ca+2]. The van der Waals surface area contributed by atoms with Gasteiger partial charge in [-0.1, -0.05) is 0 Å². The molecule has 0 aromatic rings. The molecule has 0 N–H and O–H groups in total. The minimum absolute atomic E-state index is 0. The number of carboxylic acids is 2. The summed E-state index contributed by atoms with van der Waals surface area (Å²) in [5.74, 6) is -2.17. The topological polar surface area (TPSA) is 80.3 Å². The number of hydrogen-bond acceptors (Lipinski definition) is 4. The van der Waals surface area contributed by atoms with Gasteiger partial charge in [-0.3, -0.25) is 0 Å². The summed E-state index contributed by atoms with van der Waals surface area (Å²) in [6, 6.07) is 0. The minimum atomic E-state index is -1.08. The van der Waals surface area contributed by atoms with Gasteiger partial charge in [0.05, 0.1) is 0 Å². The average Bonchev–Trinajstić information content (AvgIpc) is 1.25. The van der Waals surface area contributed by atoms with Gasteiger partial charge in [-0.25, -0.2) is 0 Å². The number of carbonyl (C=O) groups excluding carboxylic acids is 2. The standard InChI is InChI=1S/2C2H4O2.2Ca/c2*1-2(3)4;;/h2*1H3,(H,3,4);;/q;;2*+2/p-2. The molecular formula is C4H6Ca2O4+2. The maximum atomic E-state index is 8.89. The van der Waals surface area contributed by atoms with Crippen LogP contribution in [0.4, 0.5) is 0 Å². The van der Waals surface area contributed by atoms with Gasteiger partial charge in [0.25, 0.3) is 0 Å². The van der Waals surface area contributed by atoms with Crippen LogP contribution in [0.1, 0.15) is 13.8 Å². The second kappa shape index (κ2) is 16.8. The van der Waals surface area contributed by atoms with E-state index in [4.69, 9.17) is 19.8 Å². The number of carboxylic acid groups (broad SMARTS) is 2. The van der Waals surface area contributed by atoms with Crippen LogP contribution in [0, 0.1) is 0 Å². The second-order valence-corrected chi connectivity index (χ2v) is 0.983. The van der Waals surface area contributed by atoms with E-state index in [2.05, 4.69) is 0 Å². The minimum Gasteiger partial charge on any atom is -0.550 e. The van der Waals surface area contributed by atoms with Crippen molar-refractivity contribution in [2.75, 3.05) is 0 Å². The maximum absolute atomic E-state index is 8.89. The van der Waals surface area contributed by atoms with Crippen molar-refractivity contribution in [2.45, 2.75) is 13.8 Å². The summed E-state index contributed by atoms with van der Waals surface area (Å²) in [5, 5.41) is 17.8. The van der Waals surface area contributed by atoms with Crippen LogP contribution in [0.25, 0.3) is 0 Å². The van der Waals surface area contributed by atoms with Crippen molar-refractivity contribution >= 4 is 87.4 Å². The van der Waals surface area contributed by atoms with Crippen molar-refractivity contribution in [1.29, 1.82) is 0 Å². The molecule has 6 heteroatoms. The average molecular weight is 198 g/mol. The Kier molecular flexibility index (Phi) is 37.9. The fourth-order valence-electron chi connectivity index (χ4n) is 0. The molecule has 0 aromatic heterocycles. The molecule has 0 atom stereocenters. The monoisotopic (exact) mass is 198 g/mol. The van der Waals surface area contributed by atoms with E-state index in [1.807, 2.05) is 0 Å². The third-order valence-corrected chi connectivity index (χ3v) is 0. The molecule has 0 aliphatic heterocycles. The molecule has 48 valence electrons. The van der Waals surface area contributed by atoms with Crippen molar-refractivity contribution in [3.8, 4) is 0 Å². The first kappa shape index (κ1) is 22.5. The first-order valence-electron chi connectivity index (χ1n) is 1.82. The Bertz CT molecular complexity index is 73.3. The van der Waals surface area contributed by atoms with Gasteiger partial charge in [0, 0.05) is 11.9 Å². The molecule has 0 aliphatic carbocycles. The molecule has 0 amide bonds. The van der Waals surface area contributed by atoms with E-state index in [1.165, 1.54) is 0 Å². The molecule has 10 heavy (non-hydrogen) atoms. The van der Waals surface area contributed by atoms with Crippen LogP contribution >= 0.6 is 0 Å². The van der Waals surface area contributed by atoms with Crippen molar-refractivity contribution < 1.29 is 19.8 Å². The maximum Gasteiger partial charge on any atom is 2.00 e. The molecule has 0 saturated carbocycles.